The van der Waals surface area contributed by atoms with Crippen LogP contribution in [0.5, 0.6) is 5.75 Å². The van der Waals surface area contributed by atoms with Crippen LogP contribution in [0.25, 0.3) is 11.0 Å². The summed E-state index contributed by atoms with van der Waals surface area (Å²) in [6, 6.07) is 7.38. The number of aliphatic carboxylic acids is 1. The van der Waals surface area contributed by atoms with Crippen molar-refractivity contribution in [2.75, 3.05) is 6.54 Å². The number of aromatic nitrogens is 4. The number of rotatable bonds is 8. The van der Waals surface area contributed by atoms with Crippen LogP contribution in [0.2, 0.25) is 4.34 Å². The van der Waals surface area contributed by atoms with E-state index in [9.17, 15) is 19.0 Å². The maximum atomic E-state index is 11.9. The van der Waals surface area contributed by atoms with Crippen LogP contribution in [0.3, 0.4) is 0 Å². The van der Waals surface area contributed by atoms with Crippen molar-refractivity contribution < 1.29 is 23.7 Å². The molecule has 0 spiro atoms. The average molecular weight is 592 g/mol. The molecule has 2 unspecified atom stereocenters. The zero-order chi connectivity index (χ0) is 27.9. The minimum absolute atomic E-state index is 0.131. The van der Waals surface area contributed by atoms with Crippen molar-refractivity contribution in [3.05, 3.63) is 62.6 Å². The van der Waals surface area contributed by atoms with Gasteiger partial charge in [-0.3, -0.25) is 18.9 Å². The molecule has 3 N–H and O–H groups in total. The summed E-state index contributed by atoms with van der Waals surface area (Å²) in [6.07, 6.45) is 3.26. The molecule has 0 saturated carbocycles. The van der Waals surface area contributed by atoms with Gasteiger partial charge in [0.15, 0.2) is 0 Å². The van der Waals surface area contributed by atoms with E-state index in [0.29, 0.717) is 28.6 Å². The summed E-state index contributed by atoms with van der Waals surface area (Å²) in [4.78, 5) is 17.0. The van der Waals surface area contributed by atoms with Crippen LogP contribution in [-0.2, 0) is 17.9 Å². The first-order valence-electron chi connectivity index (χ1n) is 12.6. The third kappa shape index (κ3) is 5.24. The van der Waals surface area contributed by atoms with Gasteiger partial charge in [0.05, 0.1) is 29.0 Å². The molecule has 1 aliphatic heterocycles. The zero-order valence-electron chi connectivity index (χ0n) is 21.7. The molecule has 39 heavy (non-hydrogen) atoms. The first-order chi connectivity index (χ1) is 18.6. The van der Waals surface area contributed by atoms with Crippen LogP contribution < -0.4 is 4.74 Å². The summed E-state index contributed by atoms with van der Waals surface area (Å²) >= 11 is 8.02. The minimum Gasteiger partial charge on any atom is -0.487 e. The van der Waals surface area contributed by atoms with Crippen molar-refractivity contribution in [1.29, 1.82) is 0 Å². The highest BCUT2D eigenvalue weighted by Crippen LogP contribution is 2.57. The second-order valence-electron chi connectivity index (χ2n) is 9.46. The van der Waals surface area contributed by atoms with Crippen molar-refractivity contribution in [2.45, 2.75) is 63.6 Å². The van der Waals surface area contributed by atoms with Gasteiger partial charge in [0, 0.05) is 36.1 Å². The van der Waals surface area contributed by atoms with Crippen LogP contribution in [0.15, 0.2) is 41.6 Å². The normalized spacial score (nSPS) is 18.8. The van der Waals surface area contributed by atoms with Gasteiger partial charge in [-0.2, -0.15) is 4.31 Å². The molecule has 0 amide bonds. The second-order valence-corrected chi connectivity index (χ2v) is 13.1. The number of carboxylic acids is 1. The predicted molar refractivity (Wildman–Crippen MR) is 152 cm³/mol. The van der Waals surface area contributed by atoms with Crippen molar-refractivity contribution in [3.63, 3.8) is 0 Å². The summed E-state index contributed by atoms with van der Waals surface area (Å²) in [5.41, 5.74) is 4.04. The molecule has 0 fully saturated rings. The Hall–Kier alpha value is -2.74. The van der Waals surface area contributed by atoms with Gasteiger partial charge in [-0.25, -0.2) is 4.68 Å². The summed E-state index contributed by atoms with van der Waals surface area (Å²) in [5, 5.41) is 18.3. The summed E-state index contributed by atoms with van der Waals surface area (Å²) in [7, 11) is -3.41. The fraction of sp³-hybridized carbons (Fsp3) is 0.385. The predicted octanol–water partition coefficient (Wildman–Crippen LogP) is 6.17. The standard InChI is InChI=1S/C26H30ClN5O5S2/c1-4-17-14-31(39(35,36)23-12-28-9-8-21(23)37-17)13-16-10-22(38-26(16)27)19(11-24(33)34)18-6-7-20-25(15(18)3)29-30-32(20)5-2/h6-10,12,17,19,35-36H,4-5,11,13-14H2,1-3H3,(H,33,34). The first kappa shape index (κ1) is 27.8. The van der Waals surface area contributed by atoms with E-state index in [4.69, 9.17) is 16.3 Å². The van der Waals surface area contributed by atoms with Gasteiger partial charge >= 0.3 is 5.97 Å². The van der Waals surface area contributed by atoms with Crippen molar-refractivity contribution in [2.24, 2.45) is 0 Å². The van der Waals surface area contributed by atoms with E-state index in [1.807, 2.05) is 39.0 Å². The lowest BCUT2D eigenvalue weighted by Gasteiger charge is -2.41. The van der Waals surface area contributed by atoms with Crippen LogP contribution >= 0.6 is 33.7 Å². The highest BCUT2D eigenvalue weighted by molar-refractivity contribution is 8.22. The van der Waals surface area contributed by atoms with E-state index in [-0.39, 0.29) is 30.5 Å². The molecule has 1 aromatic carbocycles. The Morgan fingerprint density at radius 3 is 2.82 bits per heavy atom. The molecule has 208 valence electrons. The van der Waals surface area contributed by atoms with E-state index in [1.54, 1.807) is 21.3 Å². The summed E-state index contributed by atoms with van der Waals surface area (Å²) in [5.74, 6) is -0.989. The number of ether oxygens (including phenoxy) is 1. The lowest BCUT2D eigenvalue weighted by molar-refractivity contribution is -0.137. The van der Waals surface area contributed by atoms with Crippen molar-refractivity contribution in [3.8, 4) is 5.75 Å². The number of pyridine rings is 1. The van der Waals surface area contributed by atoms with Crippen molar-refractivity contribution in [1.82, 2.24) is 24.3 Å². The van der Waals surface area contributed by atoms with Gasteiger partial charge in [0.2, 0.25) is 0 Å². The molecule has 10 nitrogen and oxygen atoms in total. The van der Waals surface area contributed by atoms with E-state index < -0.39 is 22.7 Å². The number of nitrogens with zero attached hydrogens (tertiary/aromatic N) is 5. The Kier molecular flexibility index (Phi) is 7.86. The largest absolute Gasteiger partial charge is 0.487 e. The van der Waals surface area contributed by atoms with E-state index >= 15 is 0 Å². The fourth-order valence-electron chi connectivity index (χ4n) is 4.95. The molecule has 4 heterocycles. The molecule has 5 rings (SSSR count). The second kappa shape index (κ2) is 11.0. The highest BCUT2D eigenvalue weighted by atomic mass is 35.5. The molecule has 0 aliphatic carbocycles. The Bertz CT molecular complexity index is 1520. The van der Waals surface area contributed by atoms with Gasteiger partial charge in [-0.1, -0.05) is 29.8 Å². The minimum atomic E-state index is -3.41. The molecule has 1 aliphatic rings. The number of aryl methyl sites for hydroxylation is 2. The van der Waals surface area contributed by atoms with Crippen LogP contribution in [0, 0.1) is 6.92 Å². The Labute approximate surface area is 236 Å². The molecule has 3 aromatic heterocycles. The number of fused-ring (bicyclic) bond motifs is 2. The number of hydrogen-bond donors (Lipinski definition) is 3. The van der Waals surface area contributed by atoms with Gasteiger partial charge in [-0.15, -0.1) is 27.2 Å². The lowest BCUT2D eigenvalue weighted by atomic mass is 9.89. The molecule has 13 heteroatoms. The molecule has 2 atom stereocenters. The smallest absolute Gasteiger partial charge is 0.304 e. The summed E-state index contributed by atoms with van der Waals surface area (Å²) in [6.45, 7) is 7.00. The highest BCUT2D eigenvalue weighted by Gasteiger charge is 2.36. The SMILES string of the molecule is CCC1CN(Cc2cc(C(CC(=O)O)c3ccc4c(nnn4CC)c3C)sc2Cl)S(O)(O)c2cnccc2O1. The van der Waals surface area contributed by atoms with E-state index in [1.165, 1.54) is 17.5 Å². The molecule has 0 radical (unpaired) electrons. The number of benzene rings is 1. The van der Waals surface area contributed by atoms with Crippen molar-refractivity contribution >= 4 is 50.7 Å². The number of carbonyl (C=O) groups is 1. The Morgan fingerprint density at radius 1 is 1.31 bits per heavy atom. The number of hydrogen-bond acceptors (Lipinski definition) is 9. The van der Waals surface area contributed by atoms with Crippen LogP contribution in [-0.4, -0.2) is 57.1 Å². The average Bonchev–Trinajstić information content (AvgIpc) is 3.47. The Balaban J connectivity index is 1.51. The third-order valence-corrected chi connectivity index (χ3v) is 10.5. The zero-order valence-corrected chi connectivity index (χ0v) is 24.1. The maximum absolute atomic E-state index is 11.9. The maximum Gasteiger partial charge on any atom is 0.304 e. The lowest BCUT2D eigenvalue weighted by Crippen LogP contribution is -2.34. The first-order valence-corrected chi connectivity index (χ1v) is 15.3. The molecule has 0 bridgehead atoms. The van der Waals surface area contributed by atoms with E-state index in [0.717, 1.165) is 27.0 Å². The molecule has 0 saturated heterocycles. The monoisotopic (exact) mass is 591 g/mol. The van der Waals surface area contributed by atoms with Gasteiger partial charge in [-0.05, 0) is 49.1 Å². The van der Waals surface area contributed by atoms with Crippen LogP contribution in [0.1, 0.15) is 54.2 Å². The molecular formula is C26H30ClN5O5S2. The quantitative estimate of drug-likeness (QED) is 0.220. The molecule has 4 aromatic rings. The van der Waals surface area contributed by atoms with Gasteiger partial charge in [0.1, 0.15) is 22.3 Å². The Morgan fingerprint density at radius 2 is 2.10 bits per heavy atom. The number of halogens is 1. The molecular weight excluding hydrogens is 562 g/mol. The number of carboxylic acid groups (broad SMARTS) is 1. The van der Waals surface area contributed by atoms with Crippen LogP contribution in [0.4, 0.5) is 0 Å². The fourth-order valence-corrected chi connectivity index (χ4v) is 7.91. The van der Waals surface area contributed by atoms with E-state index in [2.05, 4.69) is 15.3 Å². The van der Waals surface area contributed by atoms with Gasteiger partial charge in [0.25, 0.3) is 0 Å². The van der Waals surface area contributed by atoms with Gasteiger partial charge < -0.3 is 9.84 Å². The topological polar surface area (TPSA) is 134 Å². The number of thiophene rings is 1. The summed E-state index contributed by atoms with van der Waals surface area (Å²) < 4.78 is 32.5. The third-order valence-electron chi connectivity index (χ3n) is 7.06.